The van der Waals surface area contributed by atoms with E-state index in [0.29, 0.717) is 5.92 Å². The maximum atomic E-state index is 5.78. The first kappa shape index (κ1) is 43.3. The van der Waals surface area contributed by atoms with E-state index < -0.39 is 0 Å². The van der Waals surface area contributed by atoms with E-state index in [1.807, 2.05) is 0 Å². The molecule has 12 aromatic rings. The fraction of sp³-hybridized carbons (Fsp3) is 0.135. The van der Waals surface area contributed by atoms with Gasteiger partial charge in [-0.2, -0.15) is 0 Å². The molecule has 3 nitrogen and oxygen atoms in total. The van der Waals surface area contributed by atoms with Gasteiger partial charge in [0.05, 0.1) is 28.6 Å². The zero-order chi connectivity index (χ0) is 50.7. The lowest BCUT2D eigenvalue weighted by atomic mass is 9.70. The topological polar surface area (TPSA) is 29.7 Å². The number of hydrogen-bond donors (Lipinski definition) is 0. The van der Waals surface area contributed by atoms with Crippen LogP contribution in [0.4, 0.5) is 0 Å². The van der Waals surface area contributed by atoms with Crippen LogP contribution in [-0.4, -0.2) is 16.1 Å². The monoisotopic (exact) mass is 983 g/mol. The van der Waals surface area contributed by atoms with Crippen LogP contribution in [0.15, 0.2) is 217 Å². The Kier molecular flexibility index (Phi) is 9.03. The smallest absolute Gasteiger partial charge is 0.0794 e. The van der Waals surface area contributed by atoms with Gasteiger partial charge in [-0.25, -0.2) is 0 Å². The summed E-state index contributed by atoms with van der Waals surface area (Å²) in [5.74, 6) is 2.27. The summed E-state index contributed by atoms with van der Waals surface area (Å²) in [6.45, 7) is 6.88. The molecule has 2 unspecified atom stereocenters. The first-order chi connectivity index (χ1) is 38.1. The highest BCUT2D eigenvalue weighted by Gasteiger charge is 2.58. The Labute approximate surface area is 448 Å². The van der Waals surface area contributed by atoms with Crippen LogP contribution in [0.5, 0.6) is 0 Å². The van der Waals surface area contributed by atoms with E-state index in [9.17, 15) is 0 Å². The maximum Gasteiger partial charge on any atom is 0.0794 e. The first-order valence-corrected chi connectivity index (χ1v) is 27.8. The third kappa shape index (κ3) is 5.87. The van der Waals surface area contributed by atoms with E-state index in [0.717, 1.165) is 51.0 Å². The van der Waals surface area contributed by atoms with E-state index in [1.54, 1.807) is 0 Å². The Hall–Kier alpha value is -8.92. The third-order valence-electron chi connectivity index (χ3n) is 19.3. The molecule has 3 heteroatoms. The van der Waals surface area contributed by atoms with E-state index in [2.05, 4.69) is 230 Å². The van der Waals surface area contributed by atoms with Crippen molar-refractivity contribution in [2.45, 2.75) is 44.4 Å². The van der Waals surface area contributed by atoms with Crippen LogP contribution in [0, 0.1) is 24.7 Å². The minimum atomic E-state index is 0.127. The Morgan fingerprint density at radius 2 is 0.935 bits per heavy atom. The second kappa shape index (κ2) is 16.1. The predicted octanol–water partition coefficient (Wildman–Crippen LogP) is 19.0. The van der Waals surface area contributed by atoms with Crippen LogP contribution in [0.3, 0.4) is 0 Å². The van der Waals surface area contributed by atoms with Crippen LogP contribution in [-0.2, 0) is 5.41 Å². The number of aromatic nitrogens is 2. The average Bonchev–Trinajstić information content (AvgIpc) is 4.24. The molecule has 2 atom stereocenters. The van der Waals surface area contributed by atoms with Gasteiger partial charge in [0.2, 0.25) is 0 Å². The molecule has 0 spiro atoms. The van der Waals surface area contributed by atoms with Gasteiger partial charge in [-0.15, -0.1) is 0 Å². The number of fused-ring (bicyclic) bond motifs is 17. The molecule has 3 heterocycles. The number of aliphatic imine (C=N–C) groups is 1. The second-order valence-electron chi connectivity index (χ2n) is 22.9. The molecule has 4 bridgehead atoms. The van der Waals surface area contributed by atoms with E-state index >= 15 is 0 Å². The lowest BCUT2D eigenvalue weighted by Gasteiger charge is -2.34. The predicted molar refractivity (Wildman–Crippen MR) is 320 cm³/mol. The molecule has 0 radical (unpaired) electrons. The number of pyridine rings is 1. The molecule has 4 saturated carbocycles. The van der Waals surface area contributed by atoms with E-state index in [-0.39, 0.29) is 5.41 Å². The fourth-order valence-corrected chi connectivity index (χ4v) is 16.5. The molecule has 364 valence electrons. The summed E-state index contributed by atoms with van der Waals surface area (Å²) in [5.41, 5.74) is 29.8. The van der Waals surface area contributed by atoms with Crippen molar-refractivity contribution in [3.05, 3.63) is 240 Å². The summed E-state index contributed by atoms with van der Waals surface area (Å²) < 4.78 is 2.60. The lowest BCUT2D eigenvalue weighted by Crippen LogP contribution is -2.27. The minimum absolute atomic E-state index is 0.127. The first-order valence-electron chi connectivity index (χ1n) is 27.8. The van der Waals surface area contributed by atoms with Crippen molar-refractivity contribution in [2.75, 3.05) is 0 Å². The van der Waals surface area contributed by atoms with Crippen LogP contribution in [0.1, 0.15) is 60.1 Å². The van der Waals surface area contributed by atoms with Crippen molar-refractivity contribution in [3.63, 3.8) is 0 Å². The molecule has 6 aliphatic rings. The summed E-state index contributed by atoms with van der Waals surface area (Å²) in [5, 5.41) is 3.87. The number of benzene rings is 9. The van der Waals surface area contributed by atoms with Gasteiger partial charge in [0.15, 0.2) is 0 Å². The van der Waals surface area contributed by atoms with Crippen molar-refractivity contribution in [2.24, 2.45) is 22.7 Å². The average molecular weight is 984 g/mol. The highest BCUT2D eigenvalue weighted by atomic mass is 14.9. The third-order valence-corrected chi connectivity index (χ3v) is 19.3. The van der Waals surface area contributed by atoms with Gasteiger partial charge in [-0.05, 0) is 153 Å². The Morgan fingerprint density at radius 1 is 0.468 bits per heavy atom. The molecule has 18 rings (SSSR count). The van der Waals surface area contributed by atoms with E-state index in [4.69, 9.17) is 9.98 Å². The van der Waals surface area contributed by atoms with Gasteiger partial charge in [-0.3, -0.25) is 9.98 Å². The van der Waals surface area contributed by atoms with E-state index in [1.165, 1.54) is 148 Å². The van der Waals surface area contributed by atoms with Crippen molar-refractivity contribution < 1.29 is 0 Å². The Balaban J connectivity index is 1.08. The van der Waals surface area contributed by atoms with Gasteiger partial charge < -0.3 is 4.40 Å². The van der Waals surface area contributed by atoms with Crippen molar-refractivity contribution in [1.29, 1.82) is 0 Å². The summed E-state index contributed by atoms with van der Waals surface area (Å²) in [6.07, 6.45) is 8.83. The summed E-state index contributed by atoms with van der Waals surface area (Å²) in [7, 11) is 0. The maximum absolute atomic E-state index is 5.78. The second-order valence-corrected chi connectivity index (χ2v) is 22.9. The fourth-order valence-electron chi connectivity index (χ4n) is 16.5. The Bertz CT molecular complexity index is 4520. The highest BCUT2D eigenvalue weighted by molar-refractivity contribution is 6.27. The van der Waals surface area contributed by atoms with Gasteiger partial charge in [-0.1, -0.05) is 194 Å². The molecule has 9 aromatic carbocycles. The molecular formula is C74H53N3. The van der Waals surface area contributed by atoms with Crippen LogP contribution >= 0.6 is 0 Å². The number of aryl methyl sites for hydroxylation is 1. The largest absolute Gasteiger partial charge is 0.310 e. The van der Waals surface area contributed by atoms with Crippen LogP contribution in [0.25, 0.3) is 128 Å². The van der Waals surface area contributed by atoms with Crippen molar-refractivity contribution in [1.82, 2.24) is 9.38 Å². The zero-order valence-corrected chi connectivity index (χ0v) is 43.0. The molecule has 0 N–H and O–H groups in total. The van der Waals surface area contributed by atoms with Gasteiger partial charge in [0, 0.05) is 60.8 Å². The molecule has 77 heavy (non-hydrogen) atoms. The molecular weight excluding hydrogens is 931 g/mol. The van der Waals surface area contributed by atoms with Gasteiger partial charge in [0.25, 0.3) is 0 Å². The number of nitrogens with zero attached hydrogens (tertiary/aromatic N) is 3. The quantitative estimate of drug-likeness (QED) is 0.158. The molecule has 3 aromatic heterocycles. The Morgan fingerprint density at radius 3 is 1.53 bits per heavy atom. The minimum Gasteiger partial charge on any atom is -0.310 e. The standard InChI is InChI=1S/C74H53N3/c1-43-65(69-66-50(46-19-5-3-6-20-46)31-17-33-58(66)54-25-11-9-23-52(54)56-27-13-15-29-60(56)71(69)75-2)62-38-49(74-40-44-35-45(41-74)37-48(74)36-44)39-63-68-64(77(43)73(62)63)42-76-72-61-30-16-14-28-57(61)53-24-10-12-26-55(53)59-34-18-32-51(67(59)70(68)72)47-21-7-4-8-22-47/h3-34,38-39,42,44-45,48H,2,35-37,40-41H2,1H3/b56-52?,57-53?,58-54?,59-55?,69-66?,70-67?,71-60?,71-69+,72-61?. The van der Waals surface area contributed by atoms with Crippen molar-refractivity contribution in [3.8, 4) is 89.1 Å². The molecule has 6 aliphatic carbocycles. The molecule has 0 aliphatic heterocycles. The number of hydrogen-bond acceptors (Lipinski definition) is 2. The highest BCUT2D eigenvalue weighted by Crippen LogP contribution is 2.67. The zero-order valence-electron chi connectivity index (χ0n) is 43.0. The van der Waals surface area contributed by atoms with Gasteiger partial charge >= 0.3 is 0 Å². The van der Waals surface area contributed by atoms with Crippen LogP contribution < -0.4 is 0 Å². The SMILES string of the molecule is C=N/C1=C(\c2c(C)n3c4cnc5c(c4c4cc(C67CC8CC(CC6C8)C7)cc2c43)-c2c(-c3ccccc3)cccc2-c2ccccc2-c2ccccc2-5)c2c(-c3ccccc3)cccc2-c2ccccc2-c2ccccc21. The van der Waals surface area contributed by atoms with Crippen LogP contribution in [0.2, 0.25) is 0 Å². The number of rotatable bonds is 5. The normalized spacial score (nSPS) is 20.4. The summed E-state index contributed by atoms with van der Waals surface area (Å²) >= 11 is 0. The van der Waals surface area contributed by atoms with Crippen molar-refractivity contribution >= 4 is 45.2 Å². The molecule has 0 saturated heterocycles. The summed E-state index contributed by atoms with van der Waals surface area (Å²) in [4.78, 5) is 11.0. The molecule has 0 amide bonds. The molecule has 4 fully saturated rings. The van der Waals surface area contributed by atoms with Gasteiger partial charge in [0.1, 0.15) is 0 Å². The summed E-state index contributed by atoms with van der Waals surface area (Å²) in [6, 6.07) is 77.2. The lowest BCUT2D eigenvalue weighted by molar-refractivity contribution is 0.266.